The van der Waals surface area contributed by atoms with Gasteiger partial charge in [-0.3, -0.25) is 20.4 Å². The molecule has 5 nitrogen and oxygen atoms in total. The van der Waals surface area contributed by atoms with Crippen LogP contribution in [0.1, 0.15) is 15.9 Å². The molecule has 0 fully saturated rings. The van der Waals surface area contributed by atoms with Crippen molar-refractivity contribution in [3.05, 3.63) is 63.1 Å². The second-order valence-corrected chi connectivity index (χ2v) is 6.09. The fourth-order valence-corrected chi connectivity index (χ4v) is 2.48. The van der Waals surface area contributed by atoms with E-state index in [1.807, 2.05) is 13.0 Å². The Hall–Kier alpha value is -2.05. The first-order chi connectivity index (χ1) is 11.0. The van der Waals surface area contributed by atoms with Crippen LogP contribution in [-0.2, 0) is 4.79 Å². The molecule has 0 saturated carbocycles. The lowest BCUT2D eigenvalue weighted by molar-refractivity contribution is -0.120. The number of hydrogen-bond donors (Lipinski definition) is 3. The van der Waals surface area contributed by atoms with Gasteiger partial charge in [0, 0.05) is 15.2 Å². The van der Waals surface area contributed by atoms with Gasteiger partial charge >= 0.3 is 0 Å². The van der Waals surface area contributed by atoms with Gasteiger partial charge in [0.2, 0.25) is 0 Å². The number of amides is 2. The fraction of sp³-hybridized carbons (Fsp3) is 0.125. The minimum atomic E-state index is -0.398. The molecule has 0 heterocycles. The smallest absolute Gasteiger partial charge is 0.270 e. The summed E-state index contributed by atoms with van der Waals surface area (Å²) in [5, 5.41) is 3.56. The van der Waals surface area contributed by atoms with E-state index < -0.39 is 5.91 Å². The standard InChI is InChI=1S/C16H15BrClN3O2/c1-10-6-7-11(18)8-14(10)19-9-15(22)20-21-16(23)12-4-2-3-5-13(12)17/h2-8,19H,9H2,1H3,(H,20,22)(H,21,23). The monoisotopic (exact) mass is 395 g/mol. The van der Waals surface area contributed by atoms with Crippen LogP contribution in [0.5, 0.6) is 0 Å². The van der Waals surface area contributed by atoms with E-state index in [1.165, 1.54) is 0 Å². The summed E-state index contributed by atoms with van der Waals surface area (Å²) in [5.74, 6) is -0.769. The molecule has 2 aromatic carbocycles. The highest BCUT2D eigenvalue weighted by molar-refractivity contribution is 9.10. The van der Waals surface area contributed by atoms with Gasteiger partial charge in [-0.25, -0.2) is 0 Å². The van der Waals surface area contributed by atoms with Crippen molar-refractivity contribution in [1.29, 1.82) is 0 Å². The number of halogens is 2. The first-order valence-corrected chi connectivity index (χ1v) is 7.98. The fourth-order valence-electron chi connectivity index (χ4n) is 1.84. The number of aryl methyl sites for hydroxylation is 1. The van der Waals surface area contributed by atoms with Gasteiger partial charge in [0.25, 0.3) is 11.8 Å². The van der Waals surface area contributed by atoms with E-state index in [-0.39, 0.29) is 12.5 Å². The minimum Gasteiger partial charge on any atom is -0.376 e. The normalized spacial score (nSPS) is 10.0. The van der Waals surface area contributed by atoms with E-state index in [2.05, 4.69) is 32.1 Å². The summed E-state index contributed by atoms with van der Waals surface area (Å²) < 4.78 is 0.652. The number of rotatable bonds is 4. The van der Waals surface area contributed by atoms with Gasteiger partial charge in [0.1, 0.15) is 0 Å². The van der Waals surface area contributed by atoms with Crippen molar-refractivity contribution in [3.8, 4) is 0 Å². The summed E-state index contributed by atoms with van der Waals surface area (Å²) in [6.45, 7) is 1.92. The summed E-state index contributed by atoms with van der Waals surface area (Å²) in [7, 11) is 0. The minimum absolute atomic E-state index is 0.0113. The van der Waals surface area contributed by atoms with Crippen molar-refractivity contribution < 1.29 is 9.59 Å². The number of carbonyl (C=O) groups is 2. The zero-order valence-electron chi connectivity index (χ0n) is 12.3. The average Bonchev–Trinajstić information content (AvgIpc) is 2.54. The summed E-state index contributed by atoms with van der Waals surface area (Å²) in [4.78, 5) is 23.7. The van der Waals surface area contributed by atoms with E-state index in [4.69, 9.17) is 11.6 Å². The van der Waals surface area contributed by atoms with Crippen LogP contribution < -0.4 is 16.2 Å². The van der Waals surface area contributed by atoms with Crippen LogP contribution in [-0.4, -0.2) is 18.4 Å². The first-order valence-electron chi connectivity index (χ1n) is 6.81. The van der Waals surface area contributed by atoms with Crippen molar-refractivity contribution in [3.63, 3.8) is 0 Å². The van der Waals surface area contributed by atoms with Crippen molar-refractivity contribution >= 4 is 45.0 Å². The molecule has 0 saturated heterocycles. The molecule has 0 aromatic heterocycles. The van der Waals surface area contributed by atoms with Gasteiger partial charge in [0.15, 0.2) is 0 Å². The maximum Gasteiger partial charge on any atom is 0.270 e. The van der Waals surface area contributed by atoms with E-state index in [0.29, 0.717) is 15.1 Å². The highest BCUT2D eigenvalue weighted by Crippen LogP contribution is 2.19. The van der Waals surface area contributed by atoms with E-state index in [9.17, 15) is 9.59 Å². The molecule has 3 N–H and O–H groups in total. The maximum atomic E-state index is 11.9. The van der Waals surface area contributed by atoms with Crippen LogP contribution in [0.25, 0.3) is 0 Å². The van der Waals surface area contributed by atoms with Crippen LogP contribution in [0, 0.1) is 6.92 Å². The lowest BCUT2D eigenvalue weighted by Crippen LogP contribution is -2.44. The Morgan fingerprint density at radius 1 is 1.13 bits per heavy atom. The Balaban J connectivity index is 1.85. The number of anilines is 1. The Kier molecular flexibility index (Phi) is 6.01. The third-order valence-corrected chi connectivity index (χ3v) is 4.00. The molecule has 0 radical (unpaired) electrons. The second kappa shape index (κ2) is 7.99. The molecule has 0 aliphatic heterocycles. The molecule has 2 aromatic rings. The van der Waals surface area contributed by atoms with Crippen LogP contribution in [0.15, 0.2) is 46.9 Å². The predicted molar refractivity (Wildman–Crippen MR) is 94.4 cm³/mol. The summed E-state index contributed by atoms with van der Waals surface area (Å²) in [5.41, 5.74) is 6.90. The largest absolute Gasteiger partial charge is 0.376 e. The quantitative estimate of drug-likeness (QED) is 0.695. The summed E-state index contributed by atoms with van der Waals surface area (Å²) in [6, 6.07) is 12.3. The third-order valence-electron chi connectivity index (χ3n) is 3.07. The van der Waals surface area contributed by atoms with E-state index >= 15 is 0 Å². The Morgan fingerprint density at radius 3 is 2.61 bits per heavy atom. The molecule has 7 heteroatoms. The molecule has 120 valence electrons. The molecule has 0 atom stereocenters. The molecule has 2 amide bonds. The Bertz CT molecular complexity index is 737. The van der Waals surface area contributed by atoms with E-state index in [0.717, 1.165) is 11.3 Å². The highest BCUT2D eigenvalue weighted by atomic mass is 79.9. The number of nitrogens with one attached hydrogen (secondary N) is 3. The lowest BCUT2D eigenvalue weighted by Gasteiger charge is -2.11. The molecular formula is C16H15BrClN3O2. The molecule has 23 heavy (non-hydrogen) atoms. The van der Waals surface area contributed by atoms with Gasteiger partial charge in [-0.1, -0.05) is 29.8 Å². The number of hydrogen-bond acceptors (Lipinski definition) is 3. The van der Waals surface area contributed by atoms with Crippen molar-refractivity contribution in [1.82, 2.24) is 10.9 Å². The molecule has 2 rings (SSSR count). The average molecular weight is 397 g/mol. The number of carbonyl (C=O) groups excluding carboxylic acids is 2. The molecule has 0 aliphatic rings. The van der Waals surface area contributed by atoms with Crippen molar-refractivity contribution in [2.24, 2.45) is 0 Å². The molecule has 0 spiro atoms. The maximum absolute atomic E-state index is 11.9. The SMILES string of the molecule is Cc1ccc(Cl)cc1NCC(=O)NNC(=O)c1ccccc1Br. The molecule has 0 unspecified atom stereocenters. The molecule has 0 aliphatic carbocycles. The van der Waals surface area contributed by atoms with Gasteiger partial charge < -0.3 is 5.32 Å². The second-order valence-electron chi connectivity index (χ2n) is 4.79. The van der Waals surface area contributed by atoms with Crippen LogP contribution in [0.4, 0.5) is 5.69 Å². The zero-order valence-corrected chi connectivity index (χ0v) is 14.7. The van der Waals surface area contributed by atoms with Gasteiger partial charge in [-0.2, -0.15) is 0 Å². The van der Waals surface area contributed by atoms with Crippen LogP contribution >= 0.6 is 27.5 Å². The zero-order chi connectivity index (χ0) is 16.8. The van der Waals surface area contributed by atoms with Gasteiger partial charge in [-0.15, -0.1) is 0 Å². The molecular weight excluding hydrogens is 382 g/mol. The predicted octanol–water partition coefficient (Wildman–Crippen LogP) is 3.28. The van der Waals surface area contributed by atoms with Crippen LogP contribution in [0.2, 0.25) is 5.02 Å². The number of benzene rings is 2. The lowest BCUT2D eigenvalue weighted by atomic mass is 10.2. The third kappa shape index (κ3) is 4.97. The van der Waals surface area contributed by atoms with E-state index in [1.54, 1.807) is 36.4 Å². The molecule has 0 bridgehead atoms. The first kappa shape index (κ1) is 17.3. The topological polar surface area (TPSA) is 70.2 Å². The van der Waals surface area contributed by atoms with Crippen molar-refractivity contribution in [2.45, 2.75) is 6.92 Å². The Labute approximate surface area is 147 Å². The van der Waals surface area contributed by atoms with Gasteiger partial charge in [-0.05, 0) is 52.7 Å². The summed E-state index contributed by atoms with van der Waals surface area (Å²) in [6.07, 6.45) is 0. The van der Waals surface area contributed by atoms with Crippen LogP contribution in [0.3, 0.4) is 0 Å². The Morgan fingerprint density at radius 2 is 1.87 bits per heavy atom. The highest BCUT2D eigenvalue weighted by Gasteiger charge is 2.10. The van der Waals surface area contributed by atoms with Crippen molar-refractivity contribution in [2.75, 3.05) is 11.9 Å². The van der Waals surface area contributed by atoms with Gasteiger partial charge in [0.05, 0.1) is 12.1 Å². The summed E-state index contributed by atoms with van der Waals surface area (Å²) >= 11 is 9.20. The number of hydrazine groups is 1.